The number of imidazole rings is 1. The number of piperidine rings is 1. The van der Waals surface area contributed by atoms with Gasteiger partial charge in [-0.2, -0.15) is 0 Å². The van der Waals surface area contributed by atoms with Crippen LogP contribution >= 0.6 is 11.3 Å². The van der Waals surface area contributed by atoms with E-state index in [1.165, 1.54) is 5.52 Å². The van der Waals surface area contributed by atoms with Crippen LogP contribution in [0.1, 0.15) is 30.2 Å². The zero-order chi connectivity index (χ0) is 17.1. The summed E-state index contributed by atoms with van der Waals surface area (Å²) in [5.74, 6) is 0.410. The number of thiophene rings is 1. The molecular weight excluding hydrogens is 330 g/mol. The third kappa shape index (κ3) is 3.78. The van der Waals surface area contributed by atoms with Crippen molar-refractivity contribution < 1.29 is 5.11 Å². The Morgan fingerprint density at radius 2 is 1.96 bits per heavy atom. The van der Waals surface area contributed by atoms with Gasteiger partial charge in [0.05, 0.1) is 23.5 Å². The van der Waals surface area contributed by atoms with Crippen molar-refractivity contribution in [1.29, 1.82) is 0 Å². The maximum Gasteiger partial charge on any atom is 0.0958 e. The molecule has 25 heavy (non-hydrogen) atoms. The molecule has 1 saturated heterocycles. The molecule has 1 aliphatic heterocycles. The van der Waals surface area contributed by atoms with E-state index in [9.17, 15) is 5.11 Å². The van der Waals surface area contributed by atoms with Crippen LogP contribution in [0, 0.1) is 5.92 Å². The van der Waals surface area contributed by atoms with Crippen molar-refractivity contribution in [3.05, 3.63) is 53.0 Å². The van der Waals surface area contributed by atoms with Gasteiger partial charge in [-0.3, -0.25) is 0 Å². The molecule has 132 valence electrons. The predicted octanol–water partition coefficient (Wildman–Crippen LogP) is 3.93. The number of fused-ring (bicyclic) bond motifs is 1. The second-order valence-corrected chi connectivity index (χ2v) is 7.90. The van der Waals surface area contributed by atoms with E-state index >= 15 is 0 Å². The lowest BCUT2D eigenvalue weighted by Gasteiger charge is -2.34. The van der Waals surface area contributed by atoms with Crippen LogP contribution in [0.2, 0.25) is 0 Å². The molecule has 0 radical (unpaired) electrons. The number of aliphatic hydroxyl groups is 1. The minimum absolute atomic E-state index is 0.278. The van der Waals surface area contributed by atoms with Crippen LogP contribution in [-0.2, 0) is 6.54 Å². The van der Waals surface area contributed by atoms with Crippen molar-refractivity contribution in [2.45, 2.75) is 31.9 Å². The third-order valence-electron chi connectivity index (χ3n) is 5.31. The second-order valence-electron chi connectivity index (χ2n) is 6.92. The molecule has 1 atom stereocenters. The summed E-state index contributed by atoms with van der Waals surface area (Å²) in [4.78, 5) is 8.11. The maximum atomic E-state index is 10.5. The summed E-state index contributed by atoms with van der Waals surface area (Å²) in [6.45, 7) is 4.32. The standard InChI is InChI=1S/C20H25N3OS/c24-20(19-7-3-14-25-19)16-8-12-22(13-9-16)10-4-11-23-15-21-17-5-1-2-6-18(17)23/h1-3,5-7,14-16,20,24H,4,8-13H2. The number of aromatic nitrogens is 2. The average Bonchev–Trinajstić information content (AvgIpc) is 3.32. The van der Waals surface area contributed by atoms with Gasteiger partial charge in [0, 0.05) is 11.4 Å². The first kappa shape index (κ1) is 16.8. The van der Waals surface area contributed by atoms with E-state index in [0.717, 1.165) is 55.8 Å². The minimum Gasteiger partial charge on any atom is -0.387 e. The molecule has 5 heteroatoms. The van der Waals surface area contributed by atoms with E-state index in [4.69, 9.17) is 0 Å². The van der Waals surface area contributed by atoms with Crippen LogP contribution in [-0.4, -0.2) is 39.2 Å². The van der Waals surface area contributed by atoms with Crippen molar-refractivity contribution in [2.75, 3.05) is 19.6 Å². The third-order valence-corrected chi connectivity index (χ3v) is 6.26. The van der Waals surface area contributed by atoms with Crippen molar-refractivity contribution in [3.8, 4) is 0 Å². The van der Waals surface area contributed by atoms with Crippen LogP contribution in [0.15, 0.2) is 48.1 Å². The van der Waals surface area contributed by atoms with Gasteiger partial charge in [-0.05, 0) is 68.4 Å². The zero-order valence-electron chi connectivity index (χ0n) is 14.4. The van der Waals surface area contributed by atoms with E-state index < -0.39 is 0 Å². The largest absolute Gasteiger partial charge is 0.387 e. The lowest BCUT2D eigenvalue weighted by molar-refractivity contribution is 0.0606. The fourth-order valence-corrected chi connectivity index (χ4v) is 4.64. The Morgan fingerprint density at radius 3 is 2.76 bits per heavy atom. The minimum atomic E-state index is -0.278. The molecular formula is C20H25N3OS. The summed E-state index contributed by atoms with van der Waals surface area (Å²) in [5.41, 5.74) is 2.30. The molecule has 0 amide bonds. The summed E-state index contributed by atoms with van der Waals surface area (Å²) >= 11 is 1.67. The smallest absolute Gasteiger partial charge is 0.0958 e. The number of hydrogen-bond donors (Lipinski definition) is 1. The Balaban J connectivity index is 1.24. The highest BCUT2D eigenvalue weighted by molar-refractivity contribution is 7.10. The van der Waals surface area contributed by atoms with Crippen LogP contribution in [0.5, 0.6) is 0 Å². The van der Waals surface area contributed by atoms with E-state index in [0.29, 0.717) is 5.92 Å². The number of rotatable bonds is 6. The van der Waals surface area contributed by atoms with Gasteiger partial charge in [0.2, 0.25) is 0 Å². The molecule has 2 aromatic heterocycles. The number of benzene rings is 1. The van der Waals surface area contributed by atoms with Crippen molar-refractivity contribution in [1.82, 2.24) is 14.5 Å². The highest BCUT2D eigenvalue weighted by Gasteiger charge is 2.26. The molecule has 0 saturated carbocycles. The van der Waals surface area contributed by atoms with Crippen molar-refractivity contribution in [2.24, 2.45) is 5.92 Å². The van der Waals surface area contributed by atoms with Crippen molar-refractivity contribution >= 4 is 22.4 Å². The first-order valence-corrected chi connectivity index (χ1v) is 10.0. The molecule has 4 nitrogen and oxygen atoms in total. The Labute approximate surface area is 152 Å². The summed E-state index contributed by atoms with van der Waals surface area (Å²) in [6.07, 6.45) is 4.99. The van der Waals surface area contributed by atoms with Gasteiger partial charge in [0.25, 0.3) is 0 Å². The molecule has 0 aliphatic carbocycles. The monoisotopic (exact) mass is 355 g/mol. The fraction of sp³-hybridized carbons (Fsp3) is 0.450. The fourth-order valence-electron chi connectivity index (χ4n) is 3.84. The number of likely N-dealkylation sites (tertiary alicyclic amines) is 1. The number of aryl methyl sites for hydroxylation is 1. The van der Waals surface area contributed by atoms with Gasteiger partial charge >= 0.3 is 0 Å². The van der Waals surface area contributed by atoms with Crippen molar-refractivity contribution in [3.63, 3.8) is 0 Å². The topological polar surface area (TPSA) is 41.3 Å². The van der Waals surface area contributed by atoms with Crippen LogP contribution in [0.3, 0.4) is 0 Å². The summed E-state index contributed by atoms with van der Waals surface area (Å²) in [5, 5.41) is 12.6. The SMILES string of the molecule is OC(c1cccs1)C1CCN(CCCn2cnc3ccccc32)CC1. The lowest BCUT2D eigenvalue weighted by atomic mass is 9.90. The molecule has 3 heterocycles. The van der Waals surface area contributed by atoms with E-state index in [1.807, 2.05) is 23.8 Å². The summed E-state index contributed by atoms with van der Waals surface area (Å²) in [6, 6.07) is 12.4. The molecule has 0 bridgehead atoms. The van der Waals surface area contributed by atoms with Gasteiger partial charge in [0.15, 0.2) is 0 Å². The predicted molar refractivity (Wildman–Crippen MR) is 103 cm³/mol. The van der Waals surface area contributed by atoms with Gasteiger partial charge in [-0.1, -0.05) is 18.2 Å². The Kier molecular flexibility index (Phi) is 5.15. The molecule has 0 spiro atoms. The molecule has 1 aromatic carbocycles. The van der Waals surface area contributed by atoms with Gasteiger partial charge in [-0.25, -0.2) is 4.98 Å². The molecule has 1 aliphatic rings. The quantitative estimate of drug-likeness (QED) is 0.728. The number of para-hydroxylation sites is 2. The molecule has 1 N–H and O–H groups in total. The van der Waals surface area contributed by atoms with Gasteiger partial charge < -0.3 is 14.6 Å². The summed E-state index contributed by atoms with van der Waals surface area (Å²) in [7, 11) is 0. The molecule has 4 rings (SSSR count). The number of hydrogen-bond acceptors (Lipinski definition) is 4. The Morgan fingerprint density at radius 1 is 1.12 bits per heavy atom. The molecule has 1 fully saturated rings. The number of aliphatic hydroxyl groups excluding tert-OH is 1. The Bertz CT molecular complexity index is 790. The first-order chi connectivity index (χ1) is 12.3. The first-order valence-electron chi connectivity index (χ1n) is 9.15. The van der Waals surface area contributed by atoms with Gasteiger partial charge in [-0.15, -0.1) is 11.3 Å². The molecule has 1 unspecified atom stereocenters. The maximum absolute atomic E-state index is 10.5. The van der Waals surface area contributed by atoms with Crippen LogP contribution < -0.4 is 0 Å². The molecule has 3 aromatic rings. The second kappa shape index (κ2) is 7.68. The highest BCUT2D eigenvalue weighted by Crippen LogP contribution is 2.32. The van der Waals surface area contributed by atoms with E-state index in [-0.39, 0.29) is 6.10 Å². The normalized spacial score (nSPS) is 18.0. The average molecular weight is 356 g/mol. The summed E-state index contributed by atoms with van der Waals surface area (Å²) < 4.78 is 2.25. The van der Waals surface area contributed by atoms with Gasteiger partial charge in [0.1, 0.15) is 0 Å². The van der Waals surface area contributed by atoms with Crippen LogP contribution in [0.4, 0.5) is 0 Å². The van der Waals surface area contributed by atoms with Crippen LogP contribution in [0.25, 0.3) is 11.0 Å². The lowest BCUT2D eigenvalue weighted by Crippen LogP contribution is -2.36. The van der Waals surface area contributed by atoms with E-state index in [2.05, 4.69) is 38.7 Å². The number of nitrogens with zero attached hydrogens (tertiary/aromatic N) is 3. The highest BCUT2D eigenvalue weighted by atomic mass is 32.1. The Hall–Kier alpha value is -1.69. The zero-order valence-corrected chi connectivity index (χ0v) is 15.2. The van der Waals surface area contributed by atoms with E-state index in [1.54, 1.807) is 11.3 Å².